The van der Waals surface area contributed by atoms with Gasteiger partial charge in [-0.2, -0.15) is 10.5 Å². The van der Waals surface area contributed by atoms with Crippen LogP contribution in [-0.2, 0) is 4.74 Å². The molecular formula is C27H24N6O4. The van der Waals surface area contributed by atoms with E-state index < -0.39 is 23.6 Å². The number of carbonyl (C=O) groups is 3. The Morgan fingerprint density at radius 3 is 1.38 bits per heavy atom. The molecule has 0 aliphatic heterocycles. The van der Waals surface area contributed by atoms with Crippen LogP contribution in [0.2, 0.25) is 0 Å². The third-order valence-electron chi connectivity index (χ3n) is 4.63. The lowest BCUT2D eigenvalue weighted by Gasteiger charge is -2.20. The molecule has 0 spiro atoms. The minimum Gasteiger partial charge on any atom is -0.456 e. The highest BCUT2D eigenvalue weighted by molar-refractivity contribution is 6.04. The van der Waals surface area contributed by atoms with Crippen LogP contribution in [0, 0.1) is 22.7 Å². The number of nitriles is 2. The molecule has 4 amide bonds. The molecule has 3 aromatic carbocycles. The maximum atomic E-state index is 12.7. The number of hydrogen-bond donors (Lipinski definition) is 4. The standard InChI is InChI=1S/C27H24N6O4/c1-27(2,3)37-24(34)19-12-22(32-25(35)30-20-8-4-17(15-28)5-9-20)14-23(13-19)33-26(36)31-21-10-6-18(16-29)7-11-21/h4-14H,1-3H3,(H2,30,32,35)(H2,31,33,36). The molecule has 0 aliphatic carbocycles. The Bertz CT molecular complexity index is 1300. The maximum absolute atomic E-state index is 12.7. The van der Waals surface area contributed by atoms with Crippen molar-refractivity contribution in [1.29, 1.82) is 10.5 Å². The number of urea groups is 2. The Labute approximate surface area is 213 Å². The highest BCUT2D eigenvalue weighted by atomic mass is 16.6. The van der Waals surface area contributed by atoms with Crippen LogP contribution < -0.4 is 21.3 Å². The molecule has 10 heteroatoms. The molecule has 0 fully saturated rings. The molecule has 3 aromatic rings. The number of carbonyl (C=O) groups excluding carboxylic acids is 3. The van der Waals surface area contributed by atoms with E-state index in [1.54, 1.807) is 69.3 Å². The van der Waals surface area contributed by atoms with Gasteiger partial charge in [0.1, 0.15) is 5.60 Å². The highest BCUT2D eigenvalue weighted by Gasteiger charge is 2.20. The van der Waals surface area contributed by atoms with Crippen molar-refractivity contribution in [2.24, 2.45) is 0 Å². The summed E-state index contributed by atoms with van der Waals surface area (Å²) in [6.45, 7) is 5.17. The molecule has 4 N–H and O–H groups in total. The predicted molar refractivity (Wildman–Crippen MR) is 139 cm³/mol. The molecule has 0 heterocycles. The summed E-state index contributed by atoms with van der Waals surface area (Å²) >= 11 is 0. The minimum atomic E-state index is -0.756. The summed E-state index contributed by atoms with van der Waals surface area (Å²) < 4.78 is 5.43. The van der Waals surface area contributed by atoms with Crippen molar-refractivity contribution < 1.29 is 19.1 Å². The fourth-order valence-corrected chi connectivity index (χ4v) is 3.07. The van der Waals surface area contributed by atoms with Gasteiger partial charge in [-0.25, -0.2) is 14.4 Å². The monoisotopic (exact) mass is 496 g/mol. The molecule has 0 atom stereocenters. The third kappa shape index (κ3) is 8.12. The average Bonchev–Trinajstić information content (AvgIpc) is 2.83. The van der Waals surface area contributed by atoms with E-state index in [9.17, 15) is 14.4 Å². The van der Waals surface area contributed by atoms with Gasteiger partial charge in [0, 0.05) is 22.7 Å². The summed E-state index contributed by atoms with van der Waals surface area (Å²) in [6.07, 6.45) is 0. The number of amides is 4. The number of ether oxygens (including phenoxy) is 1. The molecule has 3 rings (SSSR count). The van der Waals surface area contributed by atoms with E-state index in [2.05, 4.69) is 21.3 Å². The van der Waals surface area contributed by atoms with Gasteiger partial charge in [0.15, 0.2) is 0 Å². The number of esters is 1. The number of nitrogens with zero attached hydrogens (tertiary/aromatic N) is 2. The van der Waals surface area contributed by atoms with Crippen LogP contribution in [0.1, 0.15) is 42.3 Å². The van der Waals surface area contributed by atoms with Gasteiger partial charge in [-0.05, 0) is 87.5 Å². The average molecular weight is 497 g/mol. The number of rotatable bonds is 5. The van der Waals surface area contributed by atoms with E-state index in [0.717, 1.165) is 0 Å². The van der Waals surface area contributed by atoms with E-state index in [0.29, 0.717) is 22.5 Å². The molecule has 0 aromatic heterocycles. The third-order valence-corrected chi connectivity index (χ3v) is 4.63. The fraction of sp³-hybridized carbons (Fsp3) is 0.148. The fourth-order valence-electron chi connectivity index (χ4n) is 3.07. The second-order valence-electron chi connectivity index (χ2n) is 8.84. The summed E-state index contributed by atoms with van der Waals surface area (Å²) in [5.74, 6) is -0.640. The van der Waals surface area contributed by atoms with Gasteiger partial charge in [0.05, 0.1) is 28.8 Å². The zero-order chi connectivity index (χ0) is 27.0. The highest BCUT2D eigenvalue weighted by Crippen LogP contribution is 2.23. The summed E-state index contributed by atoms with van der Waals surface area (Å²) in [6, 6.07) is 19.7. The van der Waals surface area contributed by atoms with Gasteiger partial charge in [-0.3, -0.25) is 0 Å². The number of nitrogens with one attached hydrogen (secondary N) is 4. The molecule has 0 saturated heterocycles. The van der Waals surface area contributed by atoms with Crippen molar-refractivity contribution >= 4 is 40.8 Å². The second kappa shape index (κ2) is 11.4. The van der Waals surface area contributed by atoms with Crippen LogP contribution in [0.25, 0.3) is 0 Å². The molecule has 10 nitrogen and oxygen atoms in total. The van der Waals surface area contributed by atoms with E-state index in [1.165, 1.54) is 18.2 Å². The van der Waals surface area contributed by atoms with Crippen molar-refractivity contribution in [3.63, 3.8) is 0 Å². The van der Waals surface area contributed by atoms with Crippen LogP contribution in [-0.4, -0.2) is 23.6 Å². The molecule has 186 valence electrons. The van der Waals surface area contributed by atoms with Gasteiger partial charge in [-0.15, -0.1) is 0 Å². The van der Waals surface area contributed by atoms with Crippen LogP contribution in [0.15, 0.2) is 66.7 Å². The second-order valence-corrected chi connectivity index (χ2v) is 8.84. The van der Waals surface area contributed by atoms with Crippen LogP contribution in [0.5, 0.6) is 0 Å². The molecular weight excluding hydrogens is 472 g/mol. The van der Waals surface area contributed by atoms with E-state index in [4.69, 9.17) is 15.3 Å². The maximum Gasteiger partial charge on any atom is 0.338 e. The van der Waals surface area contributed by atoms with Gasteiger partial charge in [-0.1, -0.05) is 0 Å². The van der Waals surface area contributed by atoms with Gasteiger partial charge in [0.25, 0.3) is 0 Å². The lowest BCUT2D eigenvalue weighted by atomic mass is 10.1. The predicted octanol–water partition coefficient (Wildman–Crippen LogP) is 5.67. The molecule has 37 heavy (non-hydrogen) atoms. The van der Waals surface area contributed by atoms with Crippen LogP contribution in [0.4, 0.5) is 32.3 Å². The zero-order valence-electron chi connectivity index (χ0n) is 20.4. The normalized spacial score (nSPS) is 10.3. The first kappa shape index (κ1) is 26.3. The van der Waals surface area contributed by atoms with Crippen molar-refractivity contribution in [1.82, 2.24) is 0 Å². The van der Waals surface area contributed by atoms with Crippen molar-refractivity contribution in [3.05, 3.63) is 83.4 Å². The van der Waals surface area contributed by atoms with Crippen molar-refractivity contribution in [2.75, 3.05) is 21.3 Å². The first-order chi connectivity index (χ1) is 17.5. The van der Waals surface area contributed by atoms with E-state index in [-0.39, 0.29) is 16.9 Å². The largest absolute Gasteiger partial charge is 0.456 e. The quantitative estimate of drug-likeness (QED) is 0.333. The van der Waals surface area contributed by atoms with Crippen LogP contribution in [0.3, 0.4) is 0 Å². The number of hydrogen-bond acceptors (Lipinski definition) is 6. The van der Waals surface area contributed by atoms with Gasteiger partial charge >= 0.3 is 18.0 Å². The molecule has 0 aliphatic rings. The summed E-state index contributed by atoms with van der Waals surface area (Å²) in [5, 5.41) is 28.3. The van der Waals surface area contributed by atoms with Crippen molar-refractivity contribution in [3.8, 4) is 12.1 Å². The lowest BCUT2D eigenvalue weighted by molar-refractivity contribution is 0.00695. The summed E-state index contributed by atoms with van der Waals surface area (Å²) in [4.78, 5) is 37.8. The SMILES string of the molecule is CC(C)(C)OC(=O)c1cc(NC(=O)Nc2ccc(C#N)cc2)cc(NC(=O)Nc2ccc(C#N)cc2)c1. The Morgan fingerprint density at radius 1 is 0.649 bits per heavy atom. The molecule has 0 unspecified atom stereocenters. The topological polar surface area (TPSA) is 156 Å². The molecule has 0 radical (unpaired) electrons. The van der Waals surface area contributed by atoms with Gasteiger partial charge in [0.2, 0.25) is 0 Å². The summed E-state index contributed by atoms with van der Waals surface area (Å²) in [5.41, 5.74) is 1.62. The lowest BCUT2D eigenvalue weighted by Crippen LogP contribution is -2.25. The van der Waals surface area contributed by atoms with Crippen LogP contribution >= 0.6 is 0 Å². The molecule has 0 saturated carbocycles. The Hall–Kier alpha value is -5.35. The molecule has 0 bridgehead atoms. The van der Waals surface area contributed by atoms with E-state index in [1.807, 2.05) is 12.1 Å². The number of anilines is 4. The Kier molecular flexibility index (Phi) is 8.08. The minimum absolute atomic E-state index is 0.111. The Balaban J connectivity index is 1.79. The zero-order valence-corrected chi connectivity index (χ0v) is 20.4. The van der Waals surface area contributed by atoms with E-state index >= 15 is 0 Å². The Morgan fingerprint density at radius 2 is 1.03 bits per heavy atom. The smallest absolute Gasteiger partial charge is 0.338 e. The summed E-state index contributed by atoms with van der Waals surface area (Å²) in [7, 11) is 0. The first-order valence-electron chi connectivity index (χ1n) is 11.1. The van der Waals surface area contributed by atoms with Gasteiger partial charge < -0.3 is 26.0 Å². The number of benzene rings is 3. The first-order valence-corrected chi connectivity index (χ1v) is 11.1. The van der Waals surface area contributed by atoms with Crippen molar-refractivity contribution in [2.45, 2.75) is 26.4 Å².